The summed E-state index contributed by atoms with van der Waals surface area (Å²) in [6, 6.07) is 25.2. The summed E-state index contributed by atoms with van der Waals surface area (Å²) in [4.78, 5) is 0. The van der Waals surface area contributed by atoms with E-state index in [9.17, 15) is 5.11 Å². The SMILES string of the molecule is COc1c(O)ccc2c1-c1ccc3c(c1/C(=C/c1cccc(Oc4ccccc4)c1)O2)C(C)=CC(C)(C)N3. The third-order valence-corrected chi connectivity index (χ3v) is 6.81. The summed E-state index contributed by atoms with van der Waals surface area (Å²) in [5.74, 6) is 3.32. The van der Waals surface area contributed by atoms with Crippen LogP contribution in [0.25, 0.3) is 28.5 Å². The van der Waals surface area contributed by atoms with Crippen molar-refractivity contribution in [3.63, 3.8) is 0 Å². The maximum atomic E-state index is 10.6. The minimum Gasteiger partial charge on any atom is -0.504 e. The van der Waals surface area contributed by atoms with Gasteiger partial charge in [-0.2, -0.15) is 0 Å². The molecule has 0 atom stereocenters. The van der Waals surface area contributed by atoms with Gasteiger partial charge in [-0.05, 0) is 80.4 Å². The molecule has 2 aliphatic rings. The van der Waals surface area contributed by atoms with Crippen molar-refractivity contribution in [2.24, 2.45) is 0 Å². The molecule has 5 heteroatoms. The van der Waals surface area contributed by atoms with Crippen LogP contribution in [-0.2, 0) is 0 Å². The molecule has 2 heterocycles. The molecule has 0 aliphatic carbocycles. The quantitative estimate of drug-likeness (QED) is 0.293. The fourth-order valence-electron chi connectivity index (χ4n) is 5.39. The molecule has 2 N–H and O–H groups in total. The lowest BCUT2D eigenvalue weighted by atomic mass is 9.83. The number of aromatic hydroxyl groups is 1. The summed E-state index contributed by atoms with van der Waals surface area (Å²) in [5, 5.41) is 14.2. The molecule has 0 radical (unpaired) electrons. The summed E-state index contributed by atoms with van der Waals surface area (Å²) in [5.41, 5.74) is 6.64. The number of ether oxygens (including phenoxy) is 3. The van der Waals surface area contributed by atoms with Gasteiger partial charge in [-0.3, -0.25) is 0 Å². The summed E-state index contributed by atoms with van der Waals surface area (Å²) in [7, 11) is 1.56. The van der Waals surface area contributed by atoms with Crippen LogP contribution in [0, 0.1) is 0 Å². The van der Waals surface area contributed by atoms with Gasteiger partial charge in [-0.1, -0.05) is 42.5 Å². The smallest absolute Gasteiger partial charge is 0.172 e. The number of hydrogen-bond acceptors (Lipinski definition) is 5. The van der Waals surface area contributed by atoms with Crippen molar-refractivity contribution < 1.29 is 19.3 Å². The zero-order valence-electron chi connectivity index (χ0n) is 21.8. The van der Waals surface area contributed by atoms with Crippen LogP contribution in [-0.4, -0.2) is 17.8 Å². The third-order valence-electron chi connectivity index (χ3n) is 6.81. The lowest BCUT2D eigenvalue weighted by molar-refractivity contribution is 0.371. The molecule has 0 saturated carbocycles. The van der Waals surface area contributed by atoms with Crippen LogP contribution in [0.2, 0.25) is 0 Å². The number of fused-ring (bicyclic) bond motifs is 5. The highest BCUT2D eigenvalue weighted by Crippen LogP contribution is 2.54. The Morgan fingerprint density at radius 2 is 1.66 bits per heavy atom. The molecule has 0 aromatic heterocycles. The Morgan fingerprint density at radius 3 is 2.45 bits per heavy atom. The minimum absolute atomic E-state index is 0.0724. The van der Waals surface area contributed by atoms with Gasteiger partial charge >= 0.3 is 0 Å². The van der Waals surface area contributed by atoms with Crippen molar-refractivity contribution in [2.75, 3.05) is 12.4 Å². The van der Waals surface area contributed by atoms with Crippen molar-refractivity contribution in [1.82, 2.24) is 0 Å². The first-order valence-electron chi connectivity index (χ1n) is 12.6. The van der Waals surface area contributed by atoms with E-state index < -0.39 is 0 Å². The first-order chi connectivity index (χ1) is 18.3. The molecule has 0 unspecified atom stereocenters. The number of hydrogen-bond donors (Lipinski definition) is 2. The molecule has 190 valence electrons. The third kappa shape index (κ3) is 4.16. The highest BCUT2D eigenvalue weighted by molar-refractivity contribution is 6.02. The van der Waals surface area contributed by atoms with Gasteiger partial charge in [-0.25, -0.2) is 0 Å². The van der Waals surface area contributed by atoms with Crippen LogP contribution in [0.15, 0.2) is 84.9 Å². The maximum Gasteiger partial charge on any atom is 0.172 e. The predicted molar refractivity (Wildman–Crippen MR) is 153 cm³/mol. The number of nitrogens with one attached hydrogen (secondary N) is 1. The molecular formula is C33H29NO4. The van der Waals surface area contributed by atoms with Crippen LogP contribution >= 0.6 is 0 Å². The van der Waals surface area contributed by atoms with E-state index >= 15 is 0 Å². The standard InChI is InChI=1S/C33H29NO4/c1-20-19-33(2,3)34-25-14-13-24-30(29(20)25)28(38-27-16-15-26(35)32(36-4)31(24)27)18-21-9-8-12-23(17-21)37-22-10-6-5-7-11-22/h5-19,34-35H,1-4H3/b28-18-. The normalized spacial score (nSPS) is 15.8. The maximum absolute atomic E-state index is 10.6. The van der Waals surface area contributed by atoms with Gasteiger partial charge in [0.15, 0.2) is 11.5 Å². The van der Waals surface area contributed by atoms with Crippen molar-refractivity contribution >= 4 is 23.1 Å². The average molecular weight is 504 g/mol. The van der Waals surface area contributed by atoms with Gasteiger partial charge in [0.1, 0.15) is 23.0 Å². The van der Waals surface area contributed by atoms with E-state index in [0.717, 1.165) is 50.6 Å². The Balaban J connectivity index is 1.54. The second kappa shape index (κ2) is 9.03. The van der Waals surface area contributed by atoms with Crippen LogP contribution in [0.5, 0.6) is 28.7 Å². The molecule has 0 saturated heterocycles. The summed E-state index contributed by atoms with van der Waals surface area (Å²) in [6.07, 6.45) is 4.27. The van der Waals surface area contributed by atoms with E-state index in [4.69, 9.17) is 14.2 Å². The van der Waals surface area contributed by atoms with Gasteiger partial charge in [0, 0.05) is 22.4 Å². The van der Waals surface area contributed by atoms with Crippen molar-refractivity contribution in [2.45, 2.75) is 26.3 Å². The van der Waals surface area contributed by atoms with Crippen molar-refractivity contribution in [1.29, 1.82) is 0 Å². The van der Waals surface area contributed by atoms with Gasteiger partial charge in [0.2, 0.25) is 0 Å². The van der Waals surface area contributed by atoms with E-state index in [-0.39, 0.29) is 11.3 Å². The number of benzene rings is 4. The Kier molecular flexibility index (Phi) is 5.64. The number of phenols is 1. The Hall–Kier alpha value is -4.64. The Morgan fingerprint density at radius 1 is 0.868 bits per heavy atom. The molecule has 0 fully saturated rings. The monoisotopic (exact) mass is 503 g/mol. The fourth-order valence-corrected chi connectivity index (χ4v) is 5.39. The minimum atomic E-state index is -0.179. The average Bonchev–Trinajstić information content (AvgIpc) is 2.88. The van der Waals surface area contributed by atoms with Gasteiger partial charge in [-0.15, -0.1) is 0 Å². The second-order valence-electron chi connectivity index (χ2n) is 10.2. The van der Waals surface area contributed by atoms with Crippen molar-refractivity contribution in [3.05, 3.63) is 102 Å². The molecule has 0 amide bonds. The predicted octanol–water partition coefficient (Wildman–Crippen LogP) is 8.36. The van der Waals surface area contributed by atoms with Crippen molar-refractivity contribution in [3.8, 4) is 39.9 Å². The number of rotatable bonds is 4. The molecule has 2 aliphatic heterocycles. The second-order valence-corrected chi connectivity index (χ2v) is 10.2. The van der Waals surface area contributed by atoms with Gasteiger partial charge in [0.05, 0.1) is 18.2 Å². The Bertz CT molecular complexity index is 1620. The largest absolute Gasteiger partial charge is 0.504 e. The van der Waals surface area contributed by atoms with Crippen LogP contribution in [0.1, 0.15) is 37.5 Å². The van der Waals surface area contributed by atoms with Gasteiger partial charge < -0.3 is 24.6 Å². The number of para-hydroxylation sites is 1. The number of methoxy groups -OCH3 is 1. The van der Waals surface area contributed by atoms with E-state index in [1.807, 2.05) is 60.7 Å². The lowest BCUT2D eigenvalue weighted by Crippen LogP contribution is -2.32. The molecule has 5 nitrogen and oxygen atoms in total. The zero-order valence-corrected chi connectivity index (χ0v) is 21.8. The molecule has 0 spiro atoms. The topological polar surface area (TPSA) is 60.0 Å². The highest BCUT2D eigenvalue weighted by Gasteiger charge is 2.33. The first-order valence-corrected chi connectivity index (χ1v) is 12.6. The van der Waals surface area contributed by atoms with Crippen LogP contribution < -0.4 is 19.5 Å². The number of anilines is 1. The van der Waals surface area contributed by atoms with Crippen LogP contribution in [0.4, 0.5) is 5.69 Å². The zero-order chi connectivity index (χ0) is 26.4. The Labute approximate surface area is 222 Å². The lowest BCUT2D eigenvalue weighted by Gasteiger charge is -2.35. The van der Waals surface area contributed by atoms with E-state index in [1.165, 1.54) is 0 Å². The molecular weight excluding hydrogens is 474 g/mol. The number of phenolic OH excluding ortho intramolecular Hbond substituents is 1. The van der Waals surface area contributed by atoms with Gasteiger partial charge in [0.25, 0.3) is 0 Å². The van der Waals surface area contributed by atoms with Crippen LogP contribution in [0.3, 0.4) is 0 Å². The fraction of sp³-hybridized carbons (Fsp3) is 0.152. The van der Waals surface area contributed by atoms with E-state index in [1.54, 1.807) is 19.2 Å². The molecule has 4 aromatic carbocycles. The summed E-state index contributed by atoms with van der Waals surface area (Å²) >= 11 is 0. The molecule has 38 heavy (non-hydrogen) atoms. The summed E-state index contributed by atoms with van der Waals surface area (Å²) < 4.78 is 18.3. The molecule has 6 rings (SSSR count). The van der Waals surface area contributed by atoms with E-state index in [0.29, 0.717) is 17.3 Å². The molecule has 0 bridgehead atoms. The summed E-state index contributed by atoms with van der Waals surface area (Å²) in [6.45, 7) is 6.43. The number of allylic oxidation sites excluding steroid dienone is 1. The van der Waals surface area contributed by atoms with E-state index in [2.05, 4.69) is 44.3 Å². The highest BCUT2D eigenvalue weighted by atomic mass is 16.5. The first kappa shape index (κ1) is 23.7. The molecule has 4 aromatic rings.